The van der Waals surface area contributed by atoms with E-state index < -0.39 is 42.4 Å². The van der Waals surface area contributed by atoms with Gasteiger partial charge in [0.05, 0.1) is 13.8 Å². The number of rotatable bonds is 8. The molecule has 0 radical (unpaired) electrons. The molecule has 1 aromatic carbocycles. The quantitative estimate of drug-likeness (QED) is 0.602. The van der Waals surface area contributed by atoms with E-state index in [1.165, 1.54) is 19.1 Å². The van der Waals surface area contributed by atoms with Crippen molar-refractivity contribution in [1.29, 1.82) is 0 Å². The summed E-state index contributed by atoms with van der Waals surface area (Å²) >= 11 is 0. The normalized spacial score (nSPS) is 13.0. The van der Waals surface area contributed by atoms with Gasteiger partial charge in [-0.25, -0.2) is 9.18 Å². The number of benzene rings is 1. The smallest absolute Gasteiger partial charge is 0.328 e. The molecule has 0 saturated heterocycles. The highest BCUT2D eigenvalue weighted by Crippen LogP contribution is 2.20. The van der Waals surface area contributed by atoms with E-state index in [2.05, 4.69) is 20.4 Å². The Labute approximate surface area is 154 Å². The van der Waals surface area contributed by atoms with Gasteiger partial charge in [-0.2, -0.15) is 0 Å². The van der Waals surface area contributed by atoms with Crippen LogP contribution in [0, 0.1) is 5.82 Å². The fourth-order valence-electron chi connectivity index (χ4n) is 2.77. The average molecular weight is 381 g/mol. The van der Waals surface area contributed by atoms with Gasteiger partial charge in [0.15, 0.2) is 0 Å². The van der Waals surface area contributed by atoms with E-state index in [-0.39, 0.29) is 12.8 Å². The largest absolute Gasteiger partial charge is 0.467 e. The number of hydrogen-bond donors (Lipinski definition) is 3. The second-order valence-corrected chi connectivity index (χ2v) is 6.02. The summed E-state index contributed by atoms with van der Waals surface area (Å²) in [7, 11) is 1.14. The fourth-order valence-corrected chi connectivity index (χ4v) is 2.77. The third-order valence-electron chi connectivity index (χ3n) is 4.05. The number of hydrogen-bond acceptors (Lipinski definition) is 4. The zero-order valence-electron chi connectivity index (χ0n) is 15.0. The lowest BCUT2D eigenvalue weighted by Gasteiger charge is -2.21. The number of aromatic amines is 1. The number of carbonyl (C=O) groups excluding carboxylic acids is 3. The molecule has 9 heteroatoms. The van der Waals surface area contributed by atoms with Gasteiger partial charge in [0.2, 0.25) is 11.8 Å². The summed E-state index contributed by atoms with van der Waals surface area (Å²) in [5, 5.41) is 5.62. The molecule has 2 amide bonds. The van der Waals surface area contributed by atoms with Crippen molar-refractivity contribution in [2.45, 2.75) is 31.8 Å². The summed E-state index contributed by atoms with van der Waals surface area (Å²) in [6.07, 6.45) is 1.48. The van der Waals surface area contributed by atoms with E-state index in [1.54, 1.807) is 12.3 Å². The van der Waals surface area contributed by atoms with E-state index in [1.807, 2.05) is 0 Å². The van der Waals surface area contributed by atoms with E-state index in [9.17, 15) is 23.2 Å². The van der Waals surface area contributed by atoms with E-state index in [4.69, 9.17) is 0 Å². The van der Waals surface area contributed by atoms with Gasteiger partial charge in [0.1, 0.15) is 17.9 Å². The first-order valence-corrected chi connectivity index (χ1v) is 8.32. The van der Waals surface area contributed by atoms with Crippen LogP contribution in [0.1, 0.15) is 18.9 Å². The van der Waals surface area contributed by atoms with E-state index in [0.717, 1.165) is 7.11 Å². The van der Waals surface area contributed by atoms with Gasteiger partial charge in [-0.15, -0.1) is 0 Å². The summed E-state index contributed by atoms with van der Waals surface area (Å²) in [5.41, 5.74) is 1.23. The number of carbonyl (C=O) groups is 3. The third-order valence-corrected chi connectivity index (χ3v) is 4.05. The maximum absolute atomic E-state index is 13.3. The molecule has 0 bridgehead atoms. The lowest BCUT2D eigenvalue weighted by atomic mass is 10.0. The number of ether oxygens (including phenoxy) is 1. The Morgan fingerprint density at radius 3 is 2.59 bits per heavy atom. The van der Waals surface area contributed by atoms with Crippen molar-refractivity contribution in [2.75, 3.05) is 13.8 Å². The molecule has 7 nitrogen and oxygen atoms in total. The number of H-pyrrole nitrogens is 1. The van der Waals surface area contributed by atoms with Crippen molar-refractivity contribution < 1.29 is 27.9 Å². The van der Waals surface area contributed by atoms with Crippen molar-refractivity contribution in [3.05, 3.63) is 35.8 Å². The molecular formula is C18H21F2N3O4. The first-order valence-electron chi connectivity index (χ1n) is 8.32. The topological polar surface area (TPSA) is 100 Å². The van der Waals surface area contributed by atoms with Gasteiger partial charge in [0.25, 0.3) is 0 Å². The minimum Gasteiger partial charge on any atom is -0.467 e. The molecule has 2 rings (SSSR count). The number of methoxy groups -OCH3 is 1. The molecule has 0 aliphatic heterocycles. The zero-order chi connectivity index (χ0) is 20.0. The van der Waals surface area contributed by atoms with Crippen LogP contribution in [-0.4, -0.2) is 48.6 Å². The highest BCUT2D eigenvalue weighted by molar-refractivity contribution is 5.91. The van der Waals surface area contributed by atoms with E-state index in [0.29, 0.717) is 16.5 Å². The average Bonchev–Trinajstić information content (AvgIpc) is 3.01. The first-order chi connectivity index (χ1) is 12.8. The van der Waals surface area contributed by atoms with Crippen molar-refractivity contribution in [1.82, 2.24) is 15.6 Å². The minimum atomic E-state index is -1.15. The predicted octanol–water partition coefficient (Wildman–Crippen LogP) is 1.37. The van der Waals surface area contributed by atoms with Crippen molar-refractivity contribution >= 4 is 28.7 Å². The maximum Gasteiger partial charge on any atom is 0.328 e. The number of halogens is 2. The van der Waals surface area contributed by atoms with Gasteiger partial charge >= 0.3 is 5.97 Å². The van der Waals surface area contributed by atoms with Gasteiger partial charge in [0, 0.05) is 36.9 Å². The van der Waals surface area contributed by atoms with Crippen LogP contribution in [0.2, 0.25) is 0 Å². The summed E-state index contributed by atoms with van der Waals surface area (Å²) in [6, 6.07) is 2.03. The summed E-state index contributed by atoms with van der Waals surface area (Å²) < 4.78 is 30.5. The van der Waals surface area contributed by atoms with Crippen LogP contribution in [0.4, 0.5) is 8.78 Å². The van der Waals surface area contributed by atoms with Crippen LogP contribution in [0.15, 0.2) is 24.4 Å². The molecule has 0 aliphatic carbocycles. The van der Waals surface area contributed by atoms with Crippen LogP contribution >= 0.6 is 0 Å². The number of fused-ring (bicyclic) bond motifs is 1. The summed E-state index contributed by atoms with van der Waals surface area (Å²) in [5.74, 6) is -2.27. The molecule has 0 spiro atoms. The van der Waals surface area contributed by atoms with Crippen LogP contribution in [0.25, 0.3) is 10.9 Å². The number of alkyl halides is 1. The molecule has 1 heterocycles. The second kappa shape index (κ2) is 9.11. The molecule has 27 heavy (non-hydrogen) atoms. The van der Waals surface area contributed by atoms with Gasteiger partial charge in [-0.05, 0) is 23.8 Å². The summed E-state index contributed by atoms with van der Waals surface area (Å²) in [4.78, 5) is 38.7. The van der Waals surface area contributed by atoms with Crippen molar-refractivity contribution in [2.24, 2.45) is 0 Å². The molecular weight excluding hydrogens is 360 g/mol. The molecule has 2 atom stereocenters. The Balaban J connectivity index is 2.21. The molecule has 1 aromatic heterocycles. The minimum absolute atomic E-state index is 0.0978. The number of esters is 1. The van der Waals surface area contributed by atoms with Crippen LogP contribution in [0.3, 0.4) is 0 Å². The maximum atomic E-state index is 13.3. The highest BCUT2D eigenvalue weighted by Gasteiger charge is 2.27. The Morgan fingerprint density at radius 1 is 1.22 bits per heavy atom. The Kier molecular flexibility index (Phi) is 6.86. The third kappa shape index (κ3) is 5.25. The van der Waals surface area contributed by atoms with Crippen LogP contribution < -0.4 is 10.6 Å². The molecule has 0 saturated carbocycles. The standard InChI is InChI=1S/C18H21F2N3O4/c1-10(24)22-16(17(25)23-14(5-6-19)18(26)27-2)7-11-9-21-15-8-12(20)3-4-13(11)15/h3-4,8-9,14,16,21H,5-7H2,1-2H3,(H,22,24)(H,23,25). The molecule has 146 valence electrons. The van der Waals surface area contributed by atoms with E-state index >= 15 is 0 Å². The van der Waals surface area contributed by atoms with Crippen molar-refractivity contribution in [3.63, 3.8) is 0 Å². The fraction of sp³-hybridized carbons (Fsp3) is 0.389. The van der Waals surface area contributed by atoms with Crippen LogP contribution in [0.5, 0.6) is 0 Å². The molecule has 0 fully saturated rings. The zero-order valence-corrected chi connectivity index (χ0v) is 15.0. The summed E-state index contributed by atoms with van der Waals surface area (Å²) in [6.45, 7) is 0.434. The second-order valence-electron chi connectivity index (χ2n) is 6.02. The van der Waals surface area contributed by atoms with Crippen LogP contribution in [-0.2, 0) is 25.5 Å². The monoisotopic (exact) mass is 381 g/mol. The number of amides is 2. The SMILES string of the molecule is COC(=O)C(CCF)NC(=O)C(Cc1c[nH]c2cc(F)ccc12)NC(C)=O. The lowest BCUT2D eigenvalue weighted by Crippen LogP contribution is -2.52. The number of aromatic nitrogens is 1. The molecule has 0 aliphatic rings. The first kappa shape index (κ1) is 20.3. The molecule has 2 aromatic rings. The highest BCUT2D eigenvalue weighted by atomic mass is 19.1. The van der Waals surface area contributed by atoms with Gasteiger partial charge in [-0.1, -0.05) is 0 Å². The lowest BCUT2D eigenvalue weighted by molar-refractivity contribution is -0.145. The molecule has 2 unspecified atom stereocenters. The number of nitrogens with one attached hydrogen (secondary N) is 3. The van der Waals surface area contributed by atoms with Gasteiger partial charge in [-0.3, -0.25) is 14.0 Å². The molecule has 3 N–H and O–H groups in total. The Bertz CT molecular complexity index is 837. The van der Waals surface area contributed by atoms with Crippen molar-refractivity contribution in [3.8, 4) is 0 Å². The Morgan fingerprint density at radius 2 is 1.96 bits per heavy atom. The van der Waals surface area contributed by atoms with Gasteiger partial charge < -0.3 is 20.4 Å². The predicted molar refractivity (Wildman–Crippen MR) is 94.1 cm³/mol. The Hall–Kier alpha value is -2.97.